The molecule has 1 aliphatic heterocycles. The van der Waals surface area contributed by atoms with E-state index in [0.29, 0.717) is 4.90 Å². The molecule has 0 spiro atoms. The van der Waals surface area contributed by atoms with Crippen molar-refractivity contribution in [1.82, 2.24) is 0 Å². The molecule has 1 aliphatic rings. The standard InChI is InChI=1S/C8H7NO2S/c10-12(11)8-4-2-1-3-7(8)5-6-9-12/h1-6H,(H,9,10,11). The minimum Gasteiger partial charge on any atom is -0.296 e. The second-order valence-electron chi connectivity index (χ2n) is 2.46. The monoisotopic (exact) mass is 181 g/mol. The average Bonchev–Trinajstić information content (AvgIpc) is 2.04. The molecule has 4 heteroatoms. The van der Waals surface area contributed by atoms with E-state index in [9.17, 15) is 8.76 Å². The smallest absolute Gasteiger partial charge is 0.195 e. The third-order valence-corrected chi connectivity index (χ3v) is 3.02. The van der Waals surface area contributed by atoms with Gasteiger partial charge in [0.25, 0.3) is 0 Å². The van der Waals surface area contributed by atoms with Gasteiger partial charge in [-0.2, -0.15) is 4.36 Å². The van der Waals surface area contributed by atoms with Crippen molar-refractivity contribution in [2.45, 2.75) is 4.90 Å². The van der Waals surface area contributed by atoms with Crippen LogP contribution in [0, 0.1) is 0 Å². The van der Waals surface area contributed by atoms with E-state index in [1.165, 1.54) is 6.20 Å². The Balaban J connectivity index is 2.83. The van der Waals surface area contributed by atoms with Crippen LogP contribution >= 0.6 is 0 Å². The first kappa shape index (κ1) is 7.52. The molecule has 62 valence electrons. The van der Waals surface area contributed by atoms with E-state index < -0.39 is 10.0 Å². The van der Waals surface area contributed by atoms with E-state index >= 15 is 0 Å². The van der Waals surface area contributed by atoms with E-state index in [0.717, 1.165) is 5.56 Å². The van der Waals surface area contributed by atoms with Crippen molar-refractivity contribution in [3.05, 3.63) is 36.0 Å². The van der Waals surface area contributed by atoms with E-state index in [1.54, 1.807) is 24.3 Å². The van der Waals surface area contributed by atoms with Crippen molar-refractivity contribution >= 4 is 16.1 Å². The number of hydrogen-bond acceptors (Lipinski definition) is 2. The van der Waals surface area contributed by atoms with Gasteiger partial charge in [-0.25, -0.2) is 4.21 Å². The van der Waals surface area contributed by atoms with Gasteiger partial charge in [0.2, 0.25) is 0 Å². The molecule has 1 atom stereocenters. The summed E-state index contributed by atoms with van der Waals surface area (Å²) in [5.41, 5.74) is 0.764. The highest BCUT2D eigenvalue weighted by Crippen LogP contribution is 2.21. The molecular formula is C8H7NO2S. The Bertz CT molecular complexity index is 456. The lowest BCUT2D eigenvalue weighted by Crippen LogP contribution is -2.02. The minimum atomic E-state index is -3.15. The largest absolute Gasteiger partial charge is 0.296 e. The molecule has 0 fully saturated rings. The van der Waals surface area contributed by atoms with Crippen LogP contribution < -0.4 is 0 Å². The molecule has 0 amide bonds. The number of nitrogens with zero attached hydrogens (tertiary/aromatic N) is 1. The fraction of sp³-hybridized carbons (Fsp3) is 0. The van der Waals surface area contributed by atoms with Crippen LogP contribution in [-0.4, -0.2) is 8.76 Å². The van der Waals surface area contributed by atoms with Crippen LogP contribution in [0.25, 0.3) is 6.08 Å². The van der Waals surface area contributed by atoms with Gasteiger partial charge in [-0.1, -0.05) is 18.2 Å². The van der Waals surface area contributed by atoms with Gasteiger partial charge in [-0.3, -0.25) is 4.55 Å². The fourth-order valence-corrected chi connectivity index (χ4v) is 2.15. The molecule has 3 nitrogen and oxygen atoms in total. The summed E-state index contributed by atoms with van der Waals surface area (Å²) in [7, 11) is -3.15. The molecule has 0 bridgehead atoms. The second kappa shape index (κ2) is 2.43. The van der Waals surface area contributed by atoms with Crippen molar-refractivity contribution in [2.24, 2.45) is 4.36 Å². The van der Waals surface area contributed by atoms with Crippen molar-refractivity contribution in [3.8, 4) is 0 Å². The van der Waals surface area contributed by atoms with E-state index in [1.807, 2.05) is 6.07 Å². The second-order valence-corrected chi connectivity index (χ2v) is 4.10. The summed E-state index contributed by atoms with van der Waals surface area (Å²) in [5, 5.41) is 0. The Morgan fingerprint density at radius 3 is 2.83 bits per heavy atom. The average molecular weight is 181 g/mol. The van der Waals surface area contributed by atoms with Gasteiger partial charge in [-0.05, 0) is 17.7 Å². The molecule has 2 rings (SSSR count). The molecule has 1 unspecified atom stereocenters. The zero-order valence-electron chi connectivity index (χ0n) is 6.18. The zero-order chi connectivity index (χ0) is 8.60. The fourth-order valence-electron chi connectivity index (χ4n) is 1.11. The summed E-state index contributed by atoms with van der Waals surface area (Å²) in [6, 6.07) is 6.95. The van der Waals surface area contributed by atoms with Crippen molar-refractivity contribution < 1.29 is 8.76 Å². The number of hydrogen-bond donors (Lipinski definition) is 1. The van der Waals surface area contributed by atoms with Gasteiger partial charge in [0, 0.05) is 6.20 Å². The molecule has 0 radical (unpaired) electrons. The topological polar surface area (TPSA) is 49.7 Å². The summed E-state index contributed by atoms with van der Waals surface area (Å²) in [5.74, 6) is 0. The van der Waals surface area contributed by atoms with Crippen LogP contribution in [0.2, 0.25) is 0 Å². The highest BCUT2D eigenvalue weighted by molar-refractivity contribution is 7.88. The Morgan fingerprint density at radius 1 is 1.33 bits per heavy atom. The highest BCUT2D eigenvalue weighted by atomic mass is 32.2. The van der Waals surface area contributed by atoms with Gasteiger partial charge in [0.05, 0.1) is 4.90 Å². The minimum absolute atomic E-state index is 0.396. The van der Waals surface area contributed by atoms with Crippen LogP contribution in [0.15, 0.2) is 39.7 Å². The molecule has 0 aromatic heterocycles. The first-order valence-corrected chi connectivity index (χ1v) is 4.92. The van der Waals surface area contributed by atoms with Crippen LogP contribution in [0.3, 0.4) is 0 Å². The quantitative estimate of drug-likeness (QED) is 0.665. The van der Waals surface area contributed by atoms with Crippen LogP contribution in [-0.2, 0) is 10.0 Å². The predicted molar refractivity (Wildman–Crippen MR) is 46.9 cm³/mol. The zero-order valence-corrected chi connectivity index (χ0v) is 6.99. The van der Waals surface area contributed by atoms with Crippen LogP contribution in [0.5, 0.6) is 0 Å². The third-order valence-electron chi connectivity index (χ3n) is 1.66. The lowest BCUT2D eigenvalue weighted by molar-refractivity contribution is 0.551. The normalized spacial score (nSPS) is 26.1. The Kier molecular flexibility index (Phi) is 1.52. The maximum atomic E-state index is 11.4. The SMILES string of the molecule is O=S1(O)=NC=Cc2ccccc21. The highest BCUT2D eigenvalue weighted by Gasteiger charge is 2.13. The summed E-state index contributed by atoms with van der Waals surface area (Å²) in [6.45, 7) is 0. The molecule has 1 heterocycles. The number of benzene rings is 1. The van der Waals surface area contributed by atoms with E-state index in [-0.39, 0.29) is 0 Å². The van der Waals surface area contributed by atoms with Crippen molar-refractivity contribution in [1.29, 1.82) is 0 Å². The maximum Gasteiger partial charge on any atom is 0.195 e. The van der Waals surface area contributed by atoms with Gasteiger partial charge in [-0.15, -0.1) is 0 Å². The van der Waals surface area contributed by atoms with Gasteiger partial charge >= 0.3 is 0 Å². The van der Waals surface area contributed by atoms with Crippen LogP contribution in [0.4, 0.5) is 0 Å². The Labute approximate surface area is 70.7 Å². The van der Waals surface area contributed by atoms with E-state index in [2.05, 4.69) is 4.36 Å². The summed E-state index contributed by atoms with van der Waals surface area (Å²) in [6.07, 6.45) is 3.08. The van der Waals surface area contributed by atoms with Crippen LogP contribution in [0.1, 0.15) is 5.56 Å². The molecular weight excluding hydrogens is 174 g/mol. The number of rotatable bonds is 0. The summed E-state index contributed by atoms with van der Waals surface area (Å²) in [4.78, 5) is 0.396. The molecule has 1 N–H and O–H groups in total. The third kappa shape index (κ3) is 1.05. The molecule has 0 aliphatic carbocycles. The van der Waals surface area contributed by atoms with E-state index in [4.69, 9.17) is 0 Å². The maximum absolute atomic E-state index is 11.4. The summed E-state index contributed by atoms with van der Waals surface area (Å²) < 4.78 is 24.2. The van der Waals surface area contributed by atoms with Crippen molar-refractivity contribution in [2.75, 3.05) is 0 Å². The number of fused-ring (bicyclic) bond motifs is 1. The lowest BCUT2D eigenvalue weighted by atomic mass is 10.2. The Hall–Kier alpha value is -1.13. The lowest BCUT2D eigenvalue weighted by Gasteiger charge is -2.08. The molecule has 1 aromatic carbocycles. The molecule has 0 saturated heterocycles. The summed E-state index contributed by atoms with van der Waals surface area (Å²) >= 11 is 0. The van der Waals surface area contributed by atoms with Crippen molar-refractivity contribution in [3.63, 3.8) is 0 Å². The molecule has 0 saturated carbocycles. The predicted octanol–water partition coefficient (Wildman–Crippen LogP) is 1.97. The molecule has 1 aromatic rings. The van der Waals surface area contributed by atoms with Gasteiger partial charge < -0.3 is 0 Å². The molecule has 12 heavy (non-hydrogen) atoms. The first-order chi connectivity index (χ1) is 5.70. The first-order valence-electron chi connectivity index (χ1n) is 3.44. The van der Waals surface area contributed by atoms with Gasteiger partial charge in [0.1, 0.15) is 0 Å². The van der Waals surface area contributed by atoms with Gasteiger partial charge in [0.15, 0.2) is 10.0 Å². The Morgan fingerprint density at radius 2 is 2.08 bits per heavy atom.